The Morgan fingerprint density at radius 3 is 2.08 bits per heavy atom. The topological polar surface area (TPSA) is 181 Å². The molecule has 0 fully saturated rings. The van der Waals surface area contributed by atoms with Gasteiger partial charge in [0.2, 0.25) is 0 Å². The number of carbonyl (C=O) groups is 2. The van der Waals surface area contributed by atoms with E-state index in [1.807, 2.05) is 0 Å². The minimum Gasteiger partial charge on any atom is -0.503 e. The molecule has 1 aliphatic rings. The maximum Gasteiger partial charge on any atom is 0.299 e. The van der Waals surface area contributed by atoms with Crippen LogP contribution in [0.15, 0.2) is 23.1 Å². The monoisotopic (exact) mass is 350 g/mol. The van der Waals surface area contributed by atoms with Crippen LogP contribution in [-0.4, -0.2) is 34.8 Å². The highest BCUT2D eigenvalue weighted by atomic mass is 32.2. The number of phenols is 2. The minimum atomic E-state index is -5.15. The fraction of sp³-hybridized carbons (Fsp3) is 0. The number of phenolic OH excluding ortho intramolecular Hbond substituents is 2. The number of anilines is 2. The number of ketones is 2. The summed E-state index contributed by atoms with van der Waals surface area (Å²) < 4.78 is 32.5. The van der Waals surface area contributed by atoms with Gasteiger partial charge in [-0.2, -0.15) is 8.42 Å². The third-order valence-electron chi connectivity index (χ3n) is 3.72. The van der Waals surface area contributed by atoms with Gasteiger partial charge in [-0.3, -0.25) is 14.1 Å². The Balaban J connectivity index is 2.57. The van der Waals surface area contributed by atoms with Crippen molar-refractivity contribution in [3.63, 3.8) is 0 Å². The summed E-state index contributed by atoms with van der Waals surface area (Å²) in [6.45, 7) is 0. The maximum absolute atomic E-state index is 12.7. The van der Waals surface area contributed by atoms with Crippen LogP contribution in [0.5, 0.6) is 11.5 Å². The molecule has 0 amide bonds. The summed E-state index contributed by atoms with van der Waals surface area (Å²) in [5.41, 5.74) is 8.67. The predicted octanol–water partition coefficient (Wildman–Crippen LogP) is 0.284. The van der Waals surface area contributed by atoms with E-state index >= 15 is 0 Å². The number of hydrogen-bond acceptors (Lipinski definition) is 8. The number of hydrogen-bond donors (Lipinski definition) is 5. The zero-order valence-corrected chi connectivity index (χ0v) is 12.6. The third-order valence-corrected chi connectivity index (χ3v) is 4.63. The number of carbonyl (C=O) groups excluding carboxylic acids is 2. The van der Waals surface area contributed by atoms with Crippen molar-refractivity contribution in [1.82, 2.24) is 0 Å². The van der Waals surface area contributed by atoms with Crippen molar-refractivity contribution >= 4 is 33.1 Å². The molecule has 124 valence electrons. The lowest BCUT2D eigenvalue weighted by Gasteiger charge is -2.23. The molecular weight excluding hydrogens is 340 g/mol. The highest BCUT2D eigenvalue weighted by molar-refractivity contribution is 7.86. The van der Waals surface area contributed by atoms with Gasteiger partial charge >= 0.3 is 0 Å². The molecular formula is C14H10N2O7S. The quantitative estimate of drug-likeness (QED) is 0.234. The average Bonchev–Trinajstić information content (AvgIpc) is 2.48. The van der Waals surface area contributed by atoms with Gasteiger partial charge in [-0.1, -0.05) is 12.1 Å². The molecule has 2 aromatic rings. The van der Waals surface area contributed by atoms with Gasteiger partial charge < -0.3 is 21.7 Å². The number of benzene rings is 2. The van der Waals surface area contributed by atoms with Crippen LogP contribution in [-0.2, 0) is 10.1 Å². The summed E-state index contributed by atoms with van der Waals surface area (Å²) in [5, 5.41) is 19.6. The van der Waals surface area contributed by atoms with Crippen molar-refractivity contribution < 1.29 is 32.8 Å². The Labute approximate surface area is 134 Å². The molecule has 3 rings (SSSR count). The summed E-state index contributed by atoms with van der Waals surface area (Å²) in [7, 11) is -5.15. The Morgan fingerprint density at radius 2 is 1.50 bits per heavy atom. The predicted molar refractivity (Wildman–Crippen MR) is 81.7 cm³/mol. The lowest BCUT2D eigenvalue weighted by molar-refractivity contribution is 0.0977. The largest absolute Gasteiger partial charge is 0.503 e. The Bertz CT molecular complexity index is 1060. The lowest BCUT2D eigenvalue weighted by atomic mass is 9.82. The van der Waals surface area contributed by atoms with Gasteiger partial charge in [-0.15, -0.1) is 0 Å². The van der Waals surface area contributed by atoms with Crippen LogP contribution in [0, 0.1) is 0 Å². The number of fused-ring (bicyclic) bond motifs is 2. The standard InChI is InChI=1S/C14H10N2O7S/c15-5-3-1-2-4-6(5)11(18)7-8(10(4)17)14(24(21,22)23)13(20)12(19)9(7)16/h1-3,19-20H,15-16H2,(H,21,22,23). The van der Waals surface area contributed by atoms with E-state index in [-0.39, 0.29) is 16.8 Å². The Kier molecular flexibility index (Phi) is 3.08. The van der Waals surface area contributed by atoms with Gasteiger partial charge in [-0.05, 0) is 6.07 Å². The first-order valence-corrected chi connectivity index (χ1v) is 7.84. The van der Waals surface area contributed by atoms with E-state index in [1.165, 1.54) is 18.2 Å². The van der Waals surface area contributed by atoms with E-state index in [0.717, 1.165) is 0 Å². The van der Waals surface area contributed by atoms with Crippen LogP contribution in [0.4, 0.5) is 11.4 Å². The molecule has 0 bridgehead atoms. The summed E-state index contributed by atoms with van der Waals surface area (Å²) >= 11 is 0. The zero-order valence-electron chi connectivity index (χ0n) is 11.8. The van der Waals surface area contributed by atoms with Crippen LogP contribution in [0.1, 0.15) is 31.8 Å². The second-order valence-electron chi connectivity index (χ2n) is 5.09. The van der Waals surface area contributed by atoms with Crippen LogP contribution >= 0.6 is 0 Å². The van der Waals surface area contributed by atoms with E-state index in [4.69, 9.17) is 11.5 Å². The second-order valence-corrected chi connectivity index (χ2v) is 6.45. The molecule has 7 N–H and O–H groups in total. The Morgan fingerprint density at radius 1 is 0.875 bits per heavy atom. The van der Waals surface area contributed by atoms with Gasteiger partial charge in [0, 0.05) is 11.3 Å². The molecule has 0 saturated carbocycles. The highest BCUT2D eigenvalue weighted by Crippen LogP contribution is 2.46. The maximum atomic E-state index is 12.7. The van der Waals surface area contributed by atoms with Crippen molar-refractivity contribution in [1.29, 1.82) is 0 Å². The van der Waals surface area contributed by atoms with Crippen LogP contribution in [0.3, 0.4) is 0 Å². The molecule has 0 radical (unpaired) electrons. The fourth-order valence-electron chi connectivity index (χ4n) is 2.70. The highest BCUT2D eigenvalue weighted by Gasteiger charge is 2.41. The number of nitrogens with two attached hydrogens (primary N) is 2. The number of nitrogen functional groups attached to an aromatic ring is 2. The van der Waals surface area contributed by atoms with Crippen molar-refractivity contribution in [2.45, 2.75) is 4.90 Å². The molecule has 0 aromatic heterocycles. The van der Waals surface area contributed by atoms with Crippen molar-refractivity contribution in [3.8, 4) is 11.5 Å². The minimum absolute atomic E-state index is 0.0446. The molecule has 0 heterocycles. The van der Waals surface area contributed by atoms with Gasteiger partial charge in [0.1, 0.15) is 0 Å². The molecule has 0 spiro atoms. The van der Waals surface area contributed by atoms with Crippen molar-refractivity contribution in [3.05, 3.63) is 40.5 Å². The van der Waals surface area contributed by atoms with Gasteiger partial charge in [0.05, 0.1) is 22.4 Å². The lowest BCUT2D eigenvalue weighted by Crippen LogP contribution is -2.26. The Hall–Kier alpha value is -3.11. The summed E-state index contributed by atoms with van der Waals surface area (Å²) in [6, 6.07) is 3.97. The average molecular weight is 350 g/mol. The summed E-state index contributed by atoms with van der Waals surface area (Å²) in [6.07, 6.45) is 0. The smallest absolute Gasteiger partial charge is 0.299 e. The van der Waals surface area contributed by atoms with Crippen molar-refractivity contribution in [2.75, 3.05) is 11.5 Å². The molecule has 1 aliphatic carbocycles. The first kappa shape index (κ1) is 15.8. The van der Waals surface area contributed by atoms with Crippen LogP contribution < -0.4 is 11.5 Å². The second kappa shape index (κ2) is 4.69. The normalized spacial score (nSPS) is 13.5. The number of aromatic hydroxyl groups is 2. The molecule has 9 nitrogen and oxygen atoms in total. The molecule has 0 unspecified atom stereocenters. The van der Waals surface area contributed by atoms with E-state index in [0.29, 0.717) is 0 Å². The van der Waals surface area contributed by atoms with E-state index in [2.05, 4.69) is 0 Å². The van der Waals surface area contributed by atoms with Gasteiger partial charge in [-0.25, -0.2) is 0 Å². The first-order valence-electron chi connectivity index (χ1n) is 6.40. The summed E-state index contributed by atoms with van der Waals surface area (Å²) in [4.78, 5) is 24.0. The fourth-order valence-corrected chi connectivity index (χ4v) is 3.49. The zero-order chi connectivity index (χ0) is 18.0. The molecule has 24 heavy (non-hydrogen) atoms. The molecule has 0 aliphatic heterocycles. The molecule has 2 aromatic carbocycles. The van der Waals surface area contributed by atoms with E-state index < -0.39 is 54.9 Å². The first-order chi connectivity index (χ1) is 11.1. The van der Waals surface area contributed by atoms with E-state index in [1.54, 1.807) is 0 Å². The SMILES string of the molecule is Nc1cccc2c1C(=O)c1c(N)c(O)c(O)c(S(=O)(=O)O)c1C2=O. The van der Waals surface area contributed by atoms with Crippen molar-refractivity contribution in [2.24, 2.45) is 0 Å². The van der Waals surface area contributed by atoms with E-state index in [9.17, 15) is 32.8 Å². The molecule has 10 heteroatoms. The van der Waals surface area contributed by atoms with Crippen LogP contribution in [0.2, 0.25) is 0 Å². The van der Waals surface area contributed by atoms with Crippen LogP contribution in [0.25, 0.3) is 0 Å². The number of rotatable bonds is 1. The third kappa shape index (κ3) is 1.87. The molecule has 0 atom stereocenters. The summed E-state index contributed by atoms with van der Waals surface area (Å²) in [5.74, 6) is -4.35. The molecule has 0 saturated heterocycles. The van der Waals surface area contributed by atoms with Gasteiger partial charge in [0.25, 0.3) is 10.1 Å². The van der Waals surface area contributed by atoms with Gasteiger partial charge in [0.15, 0.2) is 28.0 Å².